The van der Waals surface area contributed by atoms with E-state index in [2.05, 4.69) is 51.2 Å². The molecule has 1 aromatic heterocycles. The molecule has 3 heteroatoms. The molecule has 0 bridgehead atoms. The van der Waals surface area contributed by atoms with Crippen molar-refractivity contribution in [1.29, 1.82) is 0 Å². The quantitative estimate of drug-likeness (QED) is 0.803. The summed E-state index contributed by atoms with van der Waals surface area (Å²) in [5.41, 5.74) is 1.17. The van der Waals surface area contributed by atoms with Crippen molar-refractivity contribution in [2.45, 2.75) is 52.6 Å². The third-order valence-corrected chi connectivity index (χ3v) is 2.30. The van der Waals surface area contributed by atoms with Gasteiger partial charge in [0.15, 0.2) is 0 Å². The molecule has 1 N–H and O–H groups in total. The summed E-state index contributed by atoms with van der Waals surface area (Å²) in [6.07, 6.45) is 5.07. The molecule has 0 unspecified atom stereocenters. The molecule has 0 saturated heterocycles. The van der Waals surface area contributed by atoms with Gasteiger partial charge in [0.05, 0.1) is 17.4 Å². The van der Waals surface area contributed by atoms with Crippen molar-refractivity contribution >= 4 is 5.69 Å². The first kappa shape index (κ1) is 11.1. The van der Waals surface area contributed by atoms with Crippen LogP contribution < -0.4 is 5.32 Å². The van der Waals surface area contributed by atoms with Crippen LogP contribution in [0.1, 0.15) is 41.0 Å². The van der Waals surface area contributed by atoms with Gasteiger partial charge in [0.1, 0.15) is 0 Å². The molecule has 0 fully saturated rings. The molecule has 1 aromatic rings. The monoisotopic (exact) mass is 195 g/mol. The summed E-state index contributed by atoms with van der Waals surface area (Å²) in [7, 11) is 0. The molecule has 1 heterocycles. The van der Waals surface area contributed by atoms with Crippen LogP contribution in [-0.4, -0.2) is 15.8 Å². The van der Waals surface area contributed by atoms with Crippen molar-refractivity contribution in [3.8, 4) is 0 Å². The highest BCUT2D eigenvalue weighted by Gasteiger charge is 2.14. The summed E-state index contributed by atoms with van der Waals surface area (Å²) in [6, 6.07) is 0.507. The van der Waals surface area contributed by atoms with Crippen LogP contribution in [0.25, 0.3) is 0 Å². The lowest BCUT2D eigenvalue weighted by atomic mass is 10.1. The highest BCUT2D eigenvalue weighted by atomic mass is 15.3. The van der Waals surface area contributed by atoms with Gasteiger partial charge >= 0.3 is 0 Å². The summed E-state index contributed by atoms with van der Waals surface area (Å²) < 4.78 is 1.98. The highest BCUT2D eigenvalue weighted by Crippen LogP contribution is 2.16. The van der Waals surface area contributed by atoms with Gasteiger partial charge < -0.3 is 5.32 Å². The minimum absolute atomic E-state index is 0.0649. The Morgan fingerprint density at radius 3 is 2.57 bits per heavy atom. The largest absolute Gasteiger partial charge is 0.380 e. The molecule has 3 nitrogen and oxygen atoms in total. The van der Waals surface area contributed by atoms with Crippen molar-refractivity contribution < 1.29 is 0 Å². The average molecular weight is 195 g/mol. The van der Waals surface area contributed by atoms with E-state index in [-0.39, 0.29) is 5.54 Å². The van der Waals surface area contributed by atoms with Gasteiger partial charge in [-0.2, -0.15) is 5.10 Å². The summed E-state index contributed by atoms with van der Waals surface area (Å²) in [5, 5.41) is 7.73. The third kappa shape index (κ3) is 2.76. The number of rotatable bonds is 3. The van der Waals surface area contributed by atoms with Gasteiger partial charge in [-0.3, -0.25) is 4.68 Å². The van der Waals surface area contributed by atoms with E-state index in [4.69, 9.17) is 0 Å². The van der Waals surface area contributed by atoms with Gasteiger partial charge in [0.2, 0.25) is 0 Å². The first-order chi connectivity index (χ1) is 6.43. The molecule has 0 aliphatic heterocycles. The second-order valence-corrected chi connectivity index (χ2v) is 4.80. The molecule has 0 radical (unpaired) electrons. The zero-order valence-corrected chi connectivity index (χ0v) is 9.83. The van der Waals surface area contributed by atoms with E-state index < -0.39 is 0 Å². The van der Waals surface area contributed by atoms with E-state index in [1.807, 2.05) is 10.9 Å². The number of anilines is 1. The van der Waals surface area contributed by atoms with Gasteiger partial charge in [0, 0.05) is 12.2 Å². The molecule has 0 aliphatic carbocycles. The lowest BCUT2D eigenvalue weighted by Gasteiger charge is -2.18. The molecule has 1 atom stereocenters. The Morgan fingerprint density at radius 2 is 2.14 bits per heavy atom. The molecule has 1 rings (SSSR count). The summed E-state index contributed by atoms with van der Waals surface area (Å²) in [4.78, 5) is 0. The molecule has 80 valence electrons. The lowest BCUT2D eigenvalue weighted by Crippen LogP contribution is -2.22. The van der Waals surface area contributed by atoms with Crippen molar-refractivity contribution in [3.05, 3.63) is 12.4 Å². The summed E-state index contributed by atoms with van der Waals surface area (Å²) in [6.45, 7) is 10.8. The zero-order chi connectivity index (χ0) is 10.8. The van der Waals surface area contributed by atoms with Crippen LogP contribution in [0.15, 0.2) is 12.4 Å². The standard InChI is InChI=1S/C11H21N3/c1-6-9(2)13-10-7-12-14(8-10)11(3,4)5/h7-9,13H,6H2,1-5H3/t9-/m1/s1. The summed E-state index contributed by atoms with van der Waals surface area (Å²) in [5.74, 6) is 0. The van der Waals surface area contributed by atoms with Crippen molar-refractivity contribution in [3.63, 3.8) is 0 Å². The van der Waals surface area contributed by atoms with E-state index in [9.17, 15) is 0 Å². The second-order valence-electron chi connectivity index (χ2n) is 4.80. The molecule has 0 aliphatic rings. The minimum atomic E-state index is 0.0649. The maximum Gasteiger partial charge on any atom is 0.0728 e. The number of hydrogen-bond acceptors (Lipinski definition) is 2. The van der Waals surface area contributed by atoms with Crippen LogP contribution in [0.2, 0.25) is 0 Å². The molecule has 0 spiro atoms. The van der Waals surface area contributed by atoms with Gasteiger partial charge in [-0.05, 0) is 34.1 Å². The fourth-order valence-corrected chi connectivity index (χ4v) is 1.15. The fourth-order valence-electron chi connectivity index (χ4n) is 1.15. The van der Waals surface area contributed by atoms with E-state index in [0.717, 1.165) is 12.1 Å². The minimum Gasteiger partial charge on any atom is -0.380 e. The van der Waals surface area contributed by atoms with Crippen LogP contribution in [0.4, 0.5) is 5.69 Å². The van der Waals surface area contributed by atoms with Crippen LogP contribution in [0.5, 0.6) is 0 Å². The molecule has 14 heavy (non-hydrogen) atoms. The number of nitrogens with one attached hydrogen (secondary N) is 1. The topological polar surface area (TPSA) is 29.9 Å². The first-order valence-electron chi connectivity index (χ1n) is 5.25. The highest BCUT2D eigenvalue weighted by molar-refractivity contribution is 5.39. The normalized spacial score (nSPS) is 14.1. The lowest BCUT2D eigenvalue weighted by molar-refractivity contribution is 0.355. The van der Waals surface area contributed by atoms with Crippen molar-refractivity contribution in [2.75, 3.05) is 5.32 Å². The van der Waals surface area contributed by atoms with Crippen molar-refractivity contribution in [2.24, 2.45) is 0 Å². The summed E-state index contributed by atoms with van der Waals surface area (Å²) >= 11 is 0. The Kier molecular flexibility index (Phi) is 3.19. The Bertz CT molecular complexity index is 283. The molecular weight excluding hydrogens is 174 g/mol. The van der Waals surface area contributed by atoms with Crippen LogP contribution in [0, 0.1) is 0 Å². The number of hydrogen-bond donors (Lipinski definition) is 1. The number of nitrogens with zero attached hydrogens (tertiary/aromatic N) is 2. The van der Waals surface area contributed by atoms with E-state index in [0.29, 0.717) is 6.04 Å². The third-order valence-electron chi connectivity index (χ3n) is 2.30. The number of aromatic nitrogens is 2. The van der Waals surface area contributed by atoms with Crippen LogP contribution >= 0.6 is 0 Å². The maximum atomic E-state index is 4.33. The van der Waals surface area contributed by atoms with Gasteiger partial charge in [-0.15, -0.1) is 0 Å². The molecule has 0 amide bonds. The molecule has 0 aromatic carbocycles. The average Bonchev–Trinajstić information content (AvgIpc) is 2.51. The maximum absolute atomic E-state index is 4.33. The zero-order valence-electron chi connectivity index (χ0n) is 9.83. The van der Waals surface area contributed by atoms with E-state index >= 15 is 0 Å². The van der Waals surface area contributed by atoms with Gasteiger partial charge in [-0.1, -0.05) is 6.92 Å². The SMILES string of the molecule is CC[C@@H](C)Nc1cnn(C(C)(C)C)c1. The fraction of sp³-hybridized carbons (Fsp3) is 0.727. The molecule has 0 saturated carbocycles. The van der Waals surface area contributed by atoms with Gasteiger partial charge in [0.25, 0.3) is 0 Å². The van der Waals surface area contributed by atoms with Crippen LogP contribution in [-0.2, 0) is 5.54 Å². The second kappa shape index (κ2) is 4.03. The predicted octanol–water partition coefficient (Wildman–Crippen LogP) is 2.85. The predicted molar refractivity (Wildman–Crippen MR) is 60.6 cm³/mol. The van der Waals surface area contributed by atoms with Gasteiger partial charge in [-0.25, -0.2) is 0 Å². The van der Waals surface area contributed by atoms with E-state index in [1.165, 1.54) is 0 Å². The Labute approximate surface area is 86.5 Å². The van der Waals surface area contributed by atoms with Crippen LogP contribution in [0.3, 0.4) is 0 Å². The molecular formula is C11H21N3. The van der Waals surface area contributed by atoms with Crippen molar-refractivity contribution in [1.82, 2.24) is 9.78 Å². The van der Waals surface area contributed by atoms with E-state index in [1.54, 1.807) is 0 Å². The first-order valence-corrected chi connectivity index (χ1v) is 5.25. The Hall–Kier alpha value is -0.990. The smallest absolute Gasteiger partial charge is 0.0728 e. The Morgan fingerprint density at radius 1 is 1.50 bits per heavy atom. The Balaban J connectivity index is 2.69.